The van der Waals surface area contributed by atoms with Crippen LogP contribution in [0.25, 0.3) is 0 Å². The van der Waals surface area contributed by atoms with Gasteiger partial charge in [0.2, 0.25) is 0 Å². The summed E-state index contributed by atoms with van der Waals surface area (Å²) >= 11 is 0. The number of urea groups is 1. The molecule has 2 N–H and O–H groups in total. The van der Waals surface area contributed by atoms with Gasteiger partial charge in [-0.3, -0.25) is 0 Å². The van der Waals surface area contributed by atoms with Crippen LogP contribution in [0.2, 0.25) is 0 Å². The smallest absolute Gasteiger partial charge is 0.338 e. The van der Waals surface area contributed by atoms with Gasteiger partial charge >= 0.3 is 6.03 Å². The molecule has 0 aliphatic heterocycles. The summed E-state index contributed by atoms with van der Waals surface area (Å²) in [5.74, 6) is 0. The first-order valence-corrected chi connectivity index (χ1v) is 3.31. The second-order valence-electron chi connectivity index (χ2n) is 1.98. The number of primary amides is 1. The normalized spacial score (nSPS) is 13.1. The number of aliphatic imine (C=N–C) groups is 1. The summed E-state index contributed by atoms with van der Waals surface area (Å²) in [5.41, 5.74) is 5.43. The Kier molecular flexibility index (Phi) is 4.73. The molecule has 3 heteroatoms. The second kappa shape index (κ2) is 5.41. The van der Waals surface area contributed by atoms with E-state index in [-0.39, 0.29) is 0 Å². The van der Waals surface area contributed by atoms with Gasteiger partial charge in [-0.2, -0.15) is 4.99 Å². The van der Waals surface area contributed by atoms with Crippen LogP contribution in [0.4, 0.5) is 4.79 Å². The summed E-state index contributed by atoms with van der Waals surface area (Å²) < 4.78 is 0. The van der Waals surface area contributed by atoms with Crippen molar-refractivity contribution in [1.29, 1.82) is 0 Å². The van der Waals surface area contributed by atoms with Crippen LogP contribution < -0.4 is 5.73 Å². The van der Waals surface area contributed by atoms with E-state index in [0.29, 0.717) is 5.71 Å². The van der Waals surface area contributed by atoms with Crippen molar-refractivity contribution < 1.29 is 4.79 Å². The van der Waals surface area contributed by atoms with Gasteiger partial charge in [0.1, 0.15) is 0 Å². The molecule has 0 spiro atoms. The molecule has 0 unspecified atom stereocenters. The SMILES string of the molecule is CC=C/C=C\C(C)=NC(N)=O. The molecule has 0 fully saturated rings. The summed E-state index contributed by atoms with van der Waals surface area (Å²) in [7, 11) is 0. The van der Waals surface area contributed by atoms with Crippen LogP contribution in [0.1, 0.15) is 13.8 Å². The van der Waals surface area contributed by atoms with Crippen molar-refractivity contribution in [1.82, 2.24) is 0 Å². The number of amides is 2. The van der Waals surface area contributed by atoms with Gasteiger partial charge in [-0.1, -0.05) is 18.2 Å². The van der Waals surface area contributed by atoms with Crippen LogP contribution in [0.5, 0.6) is 0 Å². The Morgan fingerprint density at radius 2 is 2.09 bits per heavy atom. The van der Waals surface area contributed by atoms with E-state index in [1.54, 1.807) is 19.1 Å². The maximum absolute atomic E-state index is 10.2. The third kappa shape index (κ3) is 6.51. The standard InChI is InChI=1S/C8H12N2O/c1-3-4-5-6-7(2)10-8(9)11/h3-6H,1-2H3,(H2,9,11)/b4-3?,6-5-,10-7?. The molecule has 11 heavy (non-hydrogen) atoms. The summed E-state index contributed by atoms with van der Waals surface area (Å²) in [6.45, 7) is 3.62. The second-order valence-corrected chi connectivity index (χ2v) is 1.98. The van der Waals surface area contributed by atoms with Crippen molar-refractivity contribution in [2.75, 3.05) is 0 Å². The quantitative estimate of drug-likeness (QED) is 0.474. The number of nitrogens with zero attached hydrogens (tertiary/aromatic N) is 1. The predicted octanol–water partition coefficient (Wildman–Crippen LogP) is 1.66. The molecule has 0 aromatic carbocycles. The highest BCUT2D eigenvalue weighted by Gasteiger charge is 1.85. The minimum Gasteiger partial charge on any atom is -0.350 e. The Hall–Kier alpha value is -1.38. The van der Waals surface area contributed by atoms with E-state index in [0.717, 1.165) is 0 Å². The summed E-state index contributed by atoms with van der Waals surface area (Å²) in [5, 5.41) is 0. The maximum Gasteiger partial charge on any atom is 0.338 e. The zero-order valence-corrected chi connectivity index (χ0v) is 6.74. The molecule has 0 saturated carbocycles. The van der Waals surface area contributed by atoms with Gasteiger partial charge in [0.15, 0.2) is 0 Å². The van der Waals surface area contributed by atoms with Crippen LogP contribution >= 0.6 is 0 Å². The van der Waals surface area contributed by atoms with E-state index in [9.17, 15) is 4.79 Å². The fourth-order valence-corrected chi connectivity index (χ4v) is 0.517. The lowest BCUT2D eigenvalue weighted by atomic mass is 10.3. The van der Waals surface area contributed by atoms with E-state index in [1.165, 1.54) is 0 Å². The molecule has 0 atom stereocenters. The van der Waals surface area contributed by atoms with Crippen LogP contribution in [-0.2, 0) is 0 Å². The Bertz CT molecular complexity index is 214. The zero-order chi connectivity index (χ0) is 8.69. The third-order valence-corrected chi connectivity index (χ3v) is 0.928. The fourth-order valence-electron chi connectivity index (χ4n) is 0.517. The number of carbonyl (C=O) groups is 1. The Morgan fingerprint density at radius 1 is 1.45 bits per heavy atom. The van der Waals surface area contributed by atoms with Gasteiger partial charge in [-0.15, -0.1) is 0 Å². The topological polar surface area (TPSA) is 55.4 Å². The molecular weight excluding hydrogens is 140 g/mol. The maximum atomic E-state index is 10.2. The molecule has 0 rings (SSSR count). The number of allylic oxidation sites excluding steroid dienone is 4. The number of hydrogen-bond acceptors (Lipinski definition) is 1. The summed E-state index contributed by atoms with van der Waals surface area (Å²) in [6, 6.07) is -0.660. The minimum atomic E-state index is -0.660. The zero-order valence-electron chi connectivity index (χ0n) is 6.74. The lowest BCUT2D eigenvalue weighted by molar-refractivity contribution is 0.257. The van der Waals surface area contributed by atoms with Gasteiger partial charge in [0, 0.05) is 5.71 Å². The molecule has 0 aliphatic rings. The first kappa shape index (κ1) is 9.62. The van der Waals surface area contributed by atoms with Gasteiger partial charge < -0.3 is 5.73 Å². The molecule has 0 aromatic heterocycles. The van der Waals surface area contributed by atoms with Gasteiger partial charge in [-0.25, -0.2) is 4.79 Å². The Balaban J connectivity index is 4.05. The molecule has 60 valence electrons. The van der Waals surface area contributed by atoms with Gasteiger partial charge in [-0.05, 0) is 19.9 Å². The molecule has 0 bridgehead atoms. The minimum absolute atomic E-state index is 0.607. The third-order valence-electron chi connectivity index (χ3n) is 0.928. The Morgan fingerprint density at radius 3 is 2.55 bits per heavy atom. The summed E-state index contributed by atoms with van der Waals surface area (Å²) in [4.78, 5) is 13.7. The van der Waals surface area contributed by atoms with E-state index < -0.39 is 6.03 Å². The molecular formula is C8H12N2O. The molecule has 0 heterocycles. The average Bonchev–Trinajstić information content (AvgIpc) is 1.86. The number of carbonyl (C=O) groups excluding carboxylic acids is 1. The first-order valence-electron chi connectivity index (χ1n) is 3.31. The molecule has 3 nitrogen and oxygen atoms in total. The number of nitrogens with two attached hydrogens (primary N) is 1. The van der Waals surface area contributed by atoms with E-state index >= 15 is 0 Å². The van der Waals surface area contributed by atoms with Crippen LogP contribution in [0.3, 0.4) is 0 Å². The molecule has 0 saturated heterocycles. The van der Waals surface area contributed by atoms with Crippen LogP contribution in [0, 0.1) is 0 Å². The van der Waals surface area contributed by atoms with E-state index in [2.05, 4.69) is 4.99 Å². The molecule has 0 radical (unpaired) electrons. The predicted molar refractivity (Wildman–Crippen MR) is 46.6 cm³/mol. The first-order chi connectivity index (χ1) is 5.16. The highest BCUT2D eigenvalue weighted by Crippen LogP contribution is 1.82. The van der Waals surface area contributed by atoms with Gasteiger partial charge in [0.05, 0.1) is 0 Å². The van der Waals surface area contributed by atoms with Crippen LogP contribution in [-0.4, -0.2) is 11.7 Å². The van der Waals surface area contributed by atoms with Crippen molar-refractivity contribution in [3.63, 3.8) is 0 Å². The fraction of sp³-hybridized carbons (Fsp3) is 0.250. The number of rotatable bonds is 2. The van der Waals surface area contributed by atoms with E-state index in [4.69, 9.17) is 5.73 Å². The summed E-state index contributed by atoms with van der Waals surface area (Å²) in [6.07, 6.45) is 7.24. The molecule has 2 amide bonds. The lowest BCUT2D eigenvalue weighted by Crippen LogP contribution is -2.06. The number of hydrogen-bond donors (Lipinski definition) is 1. The largest absolute Gasteiger partial charge is 0.350 e. The van der Waals surface area contributed by atoms with Crippen molar-refractivity contribution in [2.24, 2.45) is 10.7 Å². The molecule has 0 aliphatic carbocycles. The van der Waals surface area contributed by atoms with Gasteiger partial charge in [0.25, 0.3) is 0 Å². The average molecular weight is 152 g/mol. The van der Waals surface area contributed by atoms with Crippen LogP contribution in [0.15, 0.2) is 29.3 Å². The van der Waals surface area contributed by atoms with E-state index in [1.807, 2.05) is 19.1 Å². The highest BCUT2D eigenvalue weighted by molar-refractivity contribution is 6.00. The highest BCUT2D eigenvalue weighted by atomic mass is 16.2. The van der Waals surface area contributed by atoms with Crippen molar-refractivity contribution in [3.8, 4) is 0 Å². The van der Waals surface area contributed by atoms with Crippen molar-refractivity contribution in [3.05, 3.63) is 24.3 Å². The monoisotopic (exact) mass is 152 g/mol. The van der Waals surface area contributed by atoms with Crippen molar-refractivity contribution >= 4 is 11.7 Å². The lowest BCUT2D eigenvalue weighted by Gasteiger charge is -1.85. The Labute approximate surface area is 66.3 Å². The molecule has 0 aromatic rings. The van der Waals surface area contributed by atoms with Crippen molar-refractivity contribution in [2.45, 2.75) is 13.8 Å².